The Balaban J connectivity index is 1.66. The predicted molar refractivity (Wildman–Crippen MR) is 132 cm³/mol. The van der Waals surface area contributed by atoms with Crippen molar-refractivity contribution in [2.75, 3.05) is 24.1 Å². The van der Waals surface area contributed by atoms with Gasteiger partial charge in [-0.2, -0.15) is 0 Å². The van der Waals surface area contributed by atoms with E-state index >= 15 is 0 Å². The van der Waals surface area contributed by atoms with Crippen LogP contribution in [-0.2, 0) is 9.53 Å². The zero-order chi connectivity index (χ0) is 25.6. The molecule has 1 aromatic heterocycles. The van der Waals surface area contributed by atoms with Crippen LogP contribution in [0.1, 0.15) is 45.0 Å². The molecule has 1 aliphatic heterocycles. The molecule has 0 unspecified atom stereocenters. The monoisotopic (exact) mass is 483 g/mol. The summed E-state index contributed by atoms with van der Waals surface area (Å²) in [5, 5.41) is 2.48. The van der Waals surface area contributed by atoms with Crippen LogP contribution in [0, 0.1) is 5.82 Å². The number of carbonyl (C=O) groups is 2. The summed E-state index contributed by atoms with van der Waals surface area (Å²) in [5.74, 6) is -1.26. The summed E-state index contributed by atoms with van der Waals surface area (Å²) in [6.07, 6.45) is 6.52. The number of anilines is 2. The normalized spacial score (nSPS) is 15.3. The minimum atomic E-state index is -0.705. The molecule has 1 fully saturated rings. The van der Waals surface area contributed by atoms with E-state index in [1.54, 1.807) is 17.2 Å². The molecular formula is C24H30FN7O3. The van der Waals surface area contributed by atoms with Crippen molar-refractivity contribution in [1.82, 2.24) is 14.9 Å². The van der Waals surface area contributed by atoms with Crippen LogP contribution >= 0.6 is 0 Å². The molecule has 0 aliphatic carbocycles. The number of halogens is 1. The van der Waals surface area contributed by atoms with Crippen LogP contribution in [0.2, 0.25) is 0 Å². The van der Waals surface area contributed by atoms with E-state index in [1.807, 2.05) is 20.8 Å². The zero-order valence-electron chi connectivity index (χ0n) is 20.0. The van der Waals surface area contributed by atoms with Gasteiger partial charge >= 0.3 is 6.09 Å². The van der Waals surface area contributed by atoms with Crippen LogP contribution in [0.4, 0.5) is 20.6 Å². The number of hydrogen-bond donors (Lipinski definition) is 3. The fraction of sp³-hybridized carbons (Fsp3) is 0.375. The smallest absolute Gasteiger partial charge is 0.410 e. The molecule has 0 spiro atoms. The molecule has 35 heavy (non-hydrogen) atoms. The van der Waals surface area contributed by atoms with Gasteiger partial charge in [-0.3, -0.25) is 9.79 Å². The van der Waals surface area contributed by atoms with Crippen LogP contribution in [0.15, 0.2) is 41.8 Å². The van der Waals surface area contributed by atoms with Crippen molar-refractivity contribution >= 4 is 35.2 Å². The van der Waals surface area contributed by atoms with E-state index in [4.69, 9.17) is 16.2 Å². The number of benzene rings is 1. The second-order valence-electron chi connectivity index (χ2n) is 9.04. The summed E-state index contributed by atoms with van der Waals surface area (Å²) in [6, 6.07) is 4.09. The molecule has 2 heterocycles. The van der Waals surface area contributed by atoms with E-state index in [9.17, 15) is 14.0 Å². The van der Waals surface area contributed by atoms with Crippen molar-refractivity contribution < 1.29 is 18.7 Å². The Morgan fingerprint density at radius 1 is 1.23 bits per heavy atom. The number of nitrogens with one attached hydrogen (secondary N) is 1. The van der Waals surface area contributed by atoms with Crippen LogP contribution < -0.4 is 16.8 Å². The minimum absolute atomic E-state index is 0.00575. The van der Waals surface area contributed by atoms with E-state index in [-0.39, 0.29) is 34.9 Å². The number of rotatable bonds is 5. The molecule has 10 nitrogen and oxygen atoms in total. The fourth-order valence-electron chi connectivity index (χ4n) is 3.40. The lowest BCUT2D eigenvalue weighted by molar-refractivity contribution is -0.111. The van der Waals surface area contributed by atoms with Crippen LogP contribution in [0.3, 0.4) is 0 Å². The number of amides is 2. The molecule has 0 atom stereocenters. The maximum absolute atomic E-state index is 14.5. The second kappa shape index (κ2) is 10.9. The number of ether oxygens (including phenoxy) is 1. The molecule has 11 heteroatoms. The molecule has 1 saturated heterocycles. The Morgan fingerprint density at radius 3 is 2.49 bits per heavy atom. The van der Waals surface area contributed by atoms with Gasteiger partial charge in [0.1, 0.15) is 11.4 Å². The average Bonchev–Trinajstić information content (AvgIpc) is 2.80. The van der Waals surface area contributed by atoms with Crippen molar-refractivity contribution in [2.24, 2.45) is 10.7 Å². The third kappa shape index (κ3) is 6.98. The number of hydrogen-bond acceptors (Lipinski definition) is 8. The van der Waals surface area contributed by atoms with Gasteiger partial charge in [0.05, 0.1) is 17.3 Å². The highest BCUT2D eigenvalue weighted by molar-refractivity contribution is 6.24. The maximum Gasteiger partial charge on any atom is 0.410 e. The number of nitrogens with two attached hydrogens (primary N) is 2. The van der Waals surface area contributed by atoms with Crippen molar-refractivity contribution in [1.29, 1.82) is 0 Å². The average molecular weight is 484 g/mol. The number of piperidine rings is 1. The number of carbonyl (C=O) groups excluding carboxylic acids is 2. The first kappa shape index (κ1) is 25.6. The standard InChI is InChI=1S/C24H30FN7O3/c1-24(2,3)35-23(34)32-9-5-16(6-10-32)30-14-15-11-20(18(25)12-19(15)27)31-22(33)17(13-26)21-28-7-4-8-29-21/h4,7-8,11-14,16H,5-6,9-10,26-27H2,1-3H3,(H,31,33). The summed E-state index contributed by atoms with van der Waals surface area (Å²) < 4.78 is 19.9. The van der Waals surface area contributed by atoms with Gasteiger partial charge in [0.2, 0.25) is 0 Å². The van der Waals surface area contributed by atoms with Crippen molar-refractivity contribution in [3.63, 3.8) is 0 Å². The zero-order valence-corrected chi connectivity index (χ0v) is 20.0. The lowest BCUT2D eigenvalue weighted by atomic mass is 10.1. The van der Waals surface area contributed by atoms with Gasteiger partial charge in [-0.05, 0) is 51.8 Å². The summed E-state index contributed by atoms with van der Waals surface area (Å²) in [7, 11) is 0. The highest BCUT2D eigenvalue weighted by atomic mass is 19.1. The van der Waals surface area contributed by atoms with E-state index in [0.29, 0.717) is 31.5 Å². The highest BCUT2D eigenvalue weighted by Gasteiger charge is 2.26. The topological polar surface area (TPSA) is 149 Å². The largest absolute Gasteiger partial charge is 0.444 e. The Hall–Kier alpha value is -4.02. The van der Waals surface area contributed by atoms with Gasteiger partial charge in [0.25, 0.3) is 5.91 Å². The third-order valence-electron chi connectivity index (χ3n) is 5.18. The molecule has 2 amide bonds. The van der Waals surface area contributed by atoms with Gasteiger partial charge in [0.15, 0.2) is 5.82 Å². The molecule has 1 aliphatic rings. The molecule has 3 rings (SSSR count). The number of aromatic nitrogens is 2. The van der Waals surface area contributed by atoms with Crippen LogP contribution in [0.5, 0.6) is 0 Å². The van der Waals surface area contributed by atoms with Crippen molar-refractivity contribution in [3.8, 4) is 0 Å². The first-order valence-corrected chi connectivity index (χ1v) is 11.2. The quantitative estimate of drug-likeness (QED) is 0.336. The Morgan fingerprint density at radius 2 is 1.89 bits per heavy atom. The number of aliphatic imine (C=N–C) groups is 1. The highest BCUT2D eigenvalue weighted by Crippen LogP contribution is 2.24. The molecular weight excluding hydrogens is 453 g/mol. The maximum atomic E-state index is 14.5. The molecule has 0 saturated carbocycles. The molecule has 2 aromatic rings. The van der Waals surface area contributed by atoms with Crippen molar-refractivity contribution in [2.45, 2.75) is 45.3 Å². The molecule has 1 aromatic carbocycles. The van der Waals surface area contributed by atoms with Gasteiger partial charge in [-0.25, -0.2) is 19.2 Å². The van der Waals surface area contributed by atoms with Crippen LogP contribution in [0.25, 0.3) is 5.57 Å². The lowest BCUT2D eigenvalue weighted by Crippen LogP contribution is -2.42. The Labute approximate surface area is 203 Å². The second-order valence-corrected chi connectivity index (χ2v) is 9.04. The van der Waals surface area contributed by atoms with Crippen LogP contribution in [-0.4, -0.2) is 57.8 Å². The summed E-state index contributed by atoms with van der Waals surface area (Å²) >= 11 is 0. The fourth-order valence-corrected chi connectivity index (χ4v) is 3.40. The van der Waals surface area contributed by atoms with Gasteiger partial charge in [-0.15, -0.1) is 0 Å². The van der Waals surface area contributed by atoms with Crippen molar-refractivity contribution in [3.05, 3.63) is 54.0 Å². The van der Waals surface area contributed by atoms with Gasteiger partial charge < -0.3 is 26.4 Å². The van der Waals surface area contributed by atoms with E-state index in [0.717, 1.165) is 12.3 Å². The Bertz CT molecular complexity index is 1120. The number of nitrogens with zero attached hydrogens (tertiary/aromatic N) is 4. The van der Waals surface area contributed by atoms with Gasteiger partial charge in [0, 0.05) is 49.1 Å². The molecule has 0 radical (unpaired) electrons. The molecule has 5 N–H and O–H groups in total. The lowest BCUT2D eigenvalue weighted by Gasteiger charge is -2.32. The van der Waals surface area contributed by atoms with E-state index < -0.39 is 17.3 Å². The SMILES string of the molecule is CC(C)(C)OC(=O)N1CCC(N=Cc2cc(NC(=O)C(=CN)c3ncccn3)c(F)cc2N)CC1. The first-order valence-electron chi connectivity index (χ1n) is 11.2. The number of likely N-dealkylation sites (tertiary alicyclic amines) is 1. The van der Waals surface area contributed by atoms with E-state index in [1.165, 1.54) is 18.5 Å². The Kier molecular flexibility index (Phi) is 8.00. The minimum Gasteiger partial charge on any atom is -0.444 e. The third-order valence-corrected chi connectivity index (χ3v) is 5.18. The number of nitrogen functional groups attached to an aromatic ring is 1. The summed E-state index contributed by atoms with van der Waals surface area (Å²) in [6.45, 7) is 6.52. The summed E-state index contributed by atoms with van der Waals surface area (Å²) in [5.41, 5.74) is 11.5. The molecule has 0 bridgehead atoms. The van der Waals surface area contributed by atoms with E-state index in [2.05, 4.69) is 20.3 Å². The predicted octanol–water partition coefficient (Wildman–Crippen LogP) is 2.95. The summed E-state index contributed by atoms with van der Waals surface area (Å²) in [4.78, 5) is 39.1. The molecule has 186 valence electrons. The first-order chi connectivity index (χ1) is 16.6. The van der Waals surface area contributed by atoms with Gasteiger partial charge in [-0.1, -0.05) is 0 Å².